The Hall–Kier alpha value is -3.26. The average molecular weight is 1390 g/mol. The fraction of sp³-hybridized carbons (Fsp3) is 0.821. The molecule has 0 aromatic rings. The number of methoxy groups -OCH3 is 4. The van der Waals surface area contributed by atoms with Gasteiger partial charge in [-0.25, -0.2) is 9.59 Å². The number of esters is 2. The van der Waals surface area contributed by atoms with E-state index < -0.39 is 133 Å². The van der Waals surface area contributed by atoms with Crippen molar-refractivity contribution in [3.8, 4) is 0 Å². The highest BCUT2D eigenvalue weighted by molar-refractivity contribution is 5.83. The van der Waals surface area contributed by atoms with Crippen LogP contribution in [-0.4, -0.2) is 216 Å². The first-order valence-corrected chi connectivity index (χ1v) is 37.1. The minimum absolute atomic E-state index is 0.0293. The molecule has 0 aromatic heterocycles. The molecule has 4 bridgehead atoms. The van der Waals surface area contributed by atoms with Crippen LogP contribution < -0.4 is 0 Å². The van der Waals surface area contributed by atoms with Crippen LogP contribution in [0.1, 0.15) is 199 Å². The molecule has 0 unspecified atom stereocenters. The first-order chi connectivity index (χ1) is 46.4. The Kier molecular flexibility index (Phi) is 37.6. The Morgan fingerprint density at radius 1 is 0.449 bits per heavy atom. The SMILES string of the molecule is CO[C@H]1C[C@H](CC[C@@H](C)[C@H](O)[C@H](C)[C@H]2OC(=O)/C=C/C(C)=C/C[C@H](O)C[C@@H]3C=CC[C@@H](C[C@H](OC)[C@@H](C)[C@@H](O)C[C@@H](O)[C@H](C)[C@@H]([C@@H](C)[C@@H](O)[C@@H](C)CC[C@H]4C[C@H](OC)C[C@H](C)O4)OC(=O)/C=C/C(C)=C\C[C@@H](O)C[C@@H]4C=CC[C@@H](C[C@H](OC)[C@@H](C)[C@@H](O)C[C@@H](O)[C@@H]2C)O4)O3)O[C@@H](C)C1. The summed E-state index contributed by atoms with van der Waals surface area (Å²) in [6.45, 7) is 22.5. The lowest BCUT2D eigenvalue weighted by atomic mass is 9.78. The molecule has 0 amide bonds. The van der Waals surface area contributed by atoms with Crippen molar-refractivity contribution in [2.24, 2.45) is 47.3 Å². The lowest BCUT2D eigenvalue weighted by molar-refractivity contribution is -0.158. The van der Waals surface area contributed by atoms with Crippen molar-refractivity contribution in [2.75, 3.05) is 28.4 Å². The molecule has 5 rings (SSSR count). The van der Waals surface area contributed by atoms with E-state index in [0.717, 1.165) is 25.7 Å². The van der Waals surface area contributed by atoms with E-state index in [1.54, 1.807) is 54.4 Å². The van der Waals surface area contributed by atoms with E-state index in [1.807, 2.05) is 106 Å². The molecule has 30 atom stereocenters. The Bertz CT molecular complexity index is 2320. The molecule has 20 heteroatoms. The van der Waals surface area contributed by atoms with Crippen molar-refractivity contribution >= 4 is 11.9 Å². The molecule has 0 aliphatic carbocycles. The molecule has 0 aromatic carbocycles. The van der Waals surface area contributed by atoms with E-state index in [2.05, 4.69) is 0 Å². The second-order valence-corrected chi connectivity index (χ2v) is 30.3. The molecular formula is C78H132O20. The van der Waals surface area contributed by atoms with Gasteiger partial charge in [0, 0.05) is 102 Å². The van der Waals surface area contributed by atoms with Crippen LogP contribution in [0.2, 0.25) is 0 Å². The zero-order valence-corrected chi connectivity index (χ0v) is 62.3. The van der Waals surface area contributed by atoms with Crippen molar-refractivity contribution in [1.29, 1.82) is 0 Å². The van der Waals surface area contributed by atoms with E-state index >= 15 is 0 Å². The summed E-state index contributed by atoms with van der Waals surface area (Å²) in [7, 11) is 6.58. The van der Waals surface area contributed by atoms with Crippen molar-refractivity contribution < 1.29 is 97.8 Å². The minimum atomic E-state index is -1.16. The van der Waals surface area contributed by atoms with Gasteiger partial charge in [0.05, 0.1) is 122 Å². The average Bonchev–Trinajstić information content (AvgIpc) is 0.853. The number of fused-ring (bicyclic) bond motifs is 4. The van der Waals surface area contributed by atoms with Crippen molar-refractivity contribution in [1.82, 2.24) is 0 Å². The van der Waals surface area contributed by atoms with Gasteiger partial charge in [0.2, 0.25) is 0 Å². The number of ether oxygens (including phenoxy) is 10. The van der Waals surface area contributed by atoms with Crippen LogP contribution in [0.25, 0.3) is 0 Å². The summed E-state index contributed by atoms with van der Waals surface area (Å²) in [4.78, 5) is 27.8. The zero-order chi connectivity index (χ0) is 72.5. The molecular weight excluding hydrogens is 1260 g/mol. The number of hydrogen-bond acceptors (Lipinski definition) is 20. The van der Waals surface area contributed by atoms with Gasteiger partial charge >= 0.3 is 11.9 Å². The summed E-state index contributed by atoms with van der Waals surface area (Å²) in [5.74, 6) is -5.50. The van der Waals surface area contributed by atoms with E-state index in [4.69, 9.17) is 47.4 Å². The number of carbonyl (C=O) groups is 2. The number of aliphatic hydroxyl groups is 8. The number of rotatable bonds is 16. The predicted molar refractivity (Wildman–Crippen MR) is 377 cm³/mol. The molecule has 564 valence electrons. The number of allylic oxidation sites excluding steroid dienone is 4. The van der Waals surface area contributed by atoms with Gasteiger partial charge in [-0.1, -0.05) is 115 Å². The van der Waals surface area contributed by atoms with Crippen molar-refractivity contribution in [3.63, 3.8) is 0 Å². The van der Waals surface area contributed by atoms with Crippen LogP contribution in [0.4, 0.5) is 0 Å². The summed E-state index contributed by atoms with van der Waals surface area (Å²) in [5.41, 5.74) is 1.39. The van der Waals surface area contributed by atoms with E-state index in [9.17, 15) is 50.4 Å². The maximum absolute atomic E-state index is 13.9. The van der Waals surface area contributed by atoms with Crippen LogP contribution in [0, 0.1) is 47.3 Å². The smallest absolute Gasteiger partial charge is 0.331 e. The lowest BCUT2D eigenvalue weighted by Crippen LogP contribution is -2.45. The number of aliphatic hydroxyl groups excluding tert-OH is 8. The molecule has 8 N–H and O–H groups in total. The van der Waals surface area contributed by atoms with E-state index in [0.29, 0.717) is 62.5 Å². The maximum Gasteiger partial charge on any atom is 0.331 e. The molecule has 0 radical (unpaired) electrons. The van der Waals surface area contributed by atoms with Gasteiger partial charge in [-0.15, -0.1) is 0 Å². The fourth-order valence-electron chi connectivity index (χ4n) is 15.3. The number of carbonyl (C=O) groups excluding carboxylic acids is 2. The third-order valence-electron chi connectivity index (χ3n) is 22.3. The second kappa shape index (κ2) is 43.1. The monoisotopic (exact) mass is 1390 g/mol. The molecule has 5 heterocycles. The third kappa shape index (κ3) is 28.1. The van der Waals surface area contributed by atoms with Crippen LogP contribution in [0.5, 0.6) is 0 Å². The Morgan fingerprint density at radius 3 is 1.15 bits per heavy atom. The molecule has 0 spiro atoms. The predicted octanol–water partition coefficient (Wildman–Crippen LogP) is 10.1. The Morgan fingerprint density at radius 2 is 0.806 bits per heavy atom. The largest absolute Gasteiger partial charge is 0.458 e. The van der Waals surface area contributed by atoms with Gasteiger partial charge in [0.25, 0.3) is 0 Å². The van der Waals surface area contributed by atoms with Gasteiger partial charge in [0.1, 0.15) is 12.2 Å². The first-order valence-electron chi connectivity index (χ1n) is 37.1. The maximum atomic E-state index is 13.9. The Labute approximate surface area is 587 Å². The topological polar surface area (TPSA) is 288 Å². The summed E-state index contributed by atoms with van der Waals surface area (Å²) < 4.78 is 61.3. The summed E-state index contributed by atoms with van der Waals surface area (Å²) in [5, 5.41) is 94.4. The highest BCUT2D eigenvalue weighted by atomic mass is 16.6. The molecule has 20 nitrogen and oxygen atoms in total. The van der Waals surface area contributed by atoms with Crippen LogP contribution in [-0.2, 0) is 57.0 Å². The normalized spacial score (nSPS) is 41.1. The quantitative estimate of drug-likeness (QED) is 0.0527. The van der Waals surface area contributed by atoms with Crippen LogP contribution in [0.15, 0.2) is 71.9 Å². The molecule has 0 saturated carbocycles. The summed E-state index contributed by atoms with van der Waals surface area (Å²) >= 11 is 0. The lowest BCUT2D eigenvalue weighted by Gasteiger charge is -2.38. The summed E-state index contributed by atoms with van der Waals surface area (Å²) in [6.07, 6.45) is 14.1. The highest BCUT2D eigenvalue weighted by Crippen LogP contribution is 2.37. The fourth-order valence-corrected chi connectivity index (χ4v) is 15.3. The van der Waals surface area contributed by atoms with Crippen molar-refractivity contribution in [2.45, 2.75) is 333 Å². The highest BCUT2D eigenvalue weighted by Gasteiger charge is 2.42. The summed E-state index contributed by atoms with van der Waals surface area (Å²) in [6, 6.07) is 0. The van der Waals surface area contributed by atoms with E-state index in [-0.39, 0.29) is 99.2 Å². The molecule has 5 aliphatic heterocycles. The number of cyclic esters (lactones) is 2. The van der Waals surface area contributed by atoms with Gasteiger partial charge in [-0.3, -0.25) is 0 Å². The third-order valence-corrected chi connectivity index (χ3v) is 22.3. The molecule has 2 saturated heterocycles. The van der Waals surface area contributed by atoms with Crippen LogP contribution >= 0.6 is 0 Å². The van der Waals surface area contributed by atoms with Gasteiger partial charge < -0.3 is 88.2 Å². The Balaban J connectivity index is 1.36. The standard InChI is InChI=1S/C78H132O20/c1-45-23-29-57(79)37-59-19-17-21-61(95-59)41-71(91-15)52(8)68(82)44-70(84)54(10)78(56(12)76(88)48(4)28-32-64-40-66(90-14)36-50(6)94-64)98-74(86)34-26-46(2)24-30-58(80)38-60-20-18-22-62(96-60)42-72(92-16)51(7)67(81)43-69(83)53(9)77(97-73(85)33-25-45)55(11)75(87)47(3)27-31-63-39-65(89-13)35-49(5)93-63/h17-20,23-26,33-34,47-72,75-84,87-88H,21-22,27-32,35-44H2,1-16H3/b33-25+,34-26+,45-23-,46-24+/t47-,48+,49-,50-,51-,52-,53-,54-,55-,56-,57+,58-,59-,60-,61-,62-,63-,64-,65+,66+,67-,68-,69+,70+,71-,72-,75-,76-,77-,78-/m0/s1. The van der Waals surface area contributed by atoms with Gasteiger partial charge in [-0.2, -0.15) is 0 Å². The second-order valence-electron chi connectivity index (χ2n) is 30.3. The molecule has 98 heavy (non-hydrogen) atoms. The molecule has 5 aliphatic rings. The number of hydrogen-bond donors (Lipinski definition) is 8. The first kappa shape index (κ1) is 85.4. The van der Waals surface area contributed by atoms with Crippen LogP contribution in [0.3, 0.4) is 0 Å². The van der Waals surface area contributed by atoms with Gasteiger partial charge in [-0.05, 0) is 129 Å². The van der Waals surface area contributed by atoms with E-state index in [1.165, 1.54) is 12.2 Å². The van der Waals surface area contributed by atoms with Gasteiger partial charge in [0.15, 0.2) is 0 Å². The van der Waals surface area contributed by atoms with Crippen molar-refractivity contribution in [3.05, 3.63) is 71.9 Å². The molecule has 2 fully saturated rings. The minimum Gasteiger partial charge on any atom is -0.458 e. The zero-order valence-electron chi connectivity index (χ0n) is 62.3.